The molecule has 1 heterocycles. The number of carbonyl (C=O) groups is 1. The molecule has 2 aromatic carbocycles. The van der Waals surface area contributed by atoms with Crippen molar-refractivity contribution in [3.05, 3.63) is 76.8 Å². The van der Waals surface area contributed by atoms with E-state index in [9.17, 15) is 13.2 Å². The molecule has 1 aliphatic heterocycles. The lowest BCUT2D eigenvalue weighted by atomic mass is 10.0. The zero-order valence-corrected chi connectivity index (χ0v) is 16.7. The Morgan fingerprint density at radius 3 is 2.44 bits per heavy atom. The molecule has 5 nitrogen and oxygen atoms in total. The predicted octanol–water partition coefficient (Wildman–Crippen LogP) is 3.26. The largest absolute Gasteiger partial charge is 0.396 e. The van der Waals surface area contributed by atoms with Gasteiger partial charge in [-0.05, 0) is 29.8 Å². The Kier molecular flexibility index (Phi) is 6.39. The highest BCUT2D eigenvalue weighted by molar-refractivity contribution is 8.14. The Bertz CT molecular complexity index is 943. The van der Waals surface area contributed by atoms with Gasteiger partial charge in [0.2, 0.25) is 15.1 Å². The molecule has 0 saturated carbocycles. The average molecular weight is 424 g/mol. The number of benzene rings is 2. The molecule has 2 aromatic rings. The van der Waals surface area contributed by atoms with Gasteiger partial charge in [0, 0.05) is 22.9 Å². The number of halogens is 1. The van der Waals surface area contributed by atoms with Crippen LogP contribution in [0.15, 0.2) is 71.1 Å². The van der Waals surface area contributed by atoms with Crippen molar-refractivity contribution in [3.8, 4) is 0 Å². The number of aliphatic hydroxyl groups is 1. The number of hydrogen-bond donors (Lipinski definition) is 1. The standard InChI is InChI=1S/C19H18ClNO4S2/c20-15-6-8-16(9-7-15)27(24,25)21-11-10-17(19(23)26-13-12-22)18(21)14-4-2-1-3-5-14/h1-10,18,22H,11-13H2. The lowest BCUT2D eigenvalue weighted by molar-refractivity contribution is -0.108. The summed E-state index contributed by atoms with van der Waals surface area (Å²) in [6.45, 7) is -0.0161. The third-order valence-corrected chi connectivity index (χ3v) is 7.15. The molecule has 0 saturated heterocycles. The van der Waals surface area contributed by atoms with Gasteiger partial charge >= 0.3 is 0 Å². The Balaban J connectivity index is 2.00. The minimum Gasteiger partial charge on any atom is -0.396 e. The number of nitrogens with zero attached hydrogens (tertiary/aromatic N) is 1. The number of sulfonamides is 1. The van der Waals surface area contributed by atoms with Crippen molar-refractivity contribution in [1.29, 1.82) is 0 Å². The van der Waals surface area contributed by atoms with Crippen LogP contribution in [0.5, 0.6) is 0 Å². The van der Waals surface area contributed by atoms with E-state index in [4.69, 9.17) is 16.7 Å². The van der Waals surface area contributed by atoms with Crippen molar-refractivity contribution in [2.45, 2.75) is 10.9 Å². The molecule has 0 radical (unpaired) electrons. The number of aliphatic hydroxyl groups excluding tert-OH is 1. The fourth-order valence-corrected chi connectivity index (χ4v) is 5.24. The highest BCUT2D eigenvalue weighted by Crippen LogP contribution is 2.39. The van der Waals surface area contributed by atoms with E-state index in [1.54, 1.807) is 18.2 Å². The van der Waals surface area contributed by atoms with Gasteiger partial charge in [0.15, 0.2) is 0 Å². The van der Waals surface area contributed by atoms with Crippen molar-refractivity contribution in [2.75, 3.05) is 18.9 Å². The van der Waals surface area contributed by atoms with Crippen LogP contribution in [0.2, 0.25) is 5.02 Å². The highest BCUT2D eigenvalue weighted by atomic mass is 35.5. The van der Waals surface area contributed by atoms with Crippen molar-refractivity contribution in [1.82, 2.24) is 4.31 Å². The van der Waals surface area contributed by atoms with E-state index in [1.165, 1.54) is 28.6 Å². The van der Waals surface area contributed by atoms with Crippen LogP contribution in [0.4, 0.5) is 0 Å². The zero-order chi connectivity index (χ0) is 19.4. The van der Waals surface area contributed by atoms with E-state index in [1.807, 2.05) is 18.2 Å². The molecule has 0 fully saturated rings. The summed E-state index contributed by atoms with van der Waals surface area (Å²) >= 11 is 6.86. The van der Waals surface area contributed by atoms with Crippen LogP contribution in [0.3, 0.4) is 0 Å². The highest BCUT2D eigenvalue weighted by Gasteiger charge is 2.40. The lowest BCUT2D eigenvalue weighted by Gasteiger charge is -2.26. The van der Waals surface area contributed by atoms with E-state index in [-0.39, 0.29) is 28.9 Å². The lowest BCUT2D eigenvalue weighted by Crippen LogP contribution is -2.33. The van der Waals surface area contributed by atoms with Crippen LogP contribution >= 0.6 is 23.4 Å². The van der Waals surface area contributed by atoms with E-state index in [2.05, 4.69) is 0 Å². The molecule has 1 atom stereocenters. The van der Waals surface area contributed by atoms with Crippen molar-refractivity contribution in [2.24, 2.45) is 0 Å². The van der Waals surface area contributed by atoms with Crippen molar-refractivity contribution >= 4 is 38.5 Å². The number of carbonyl (C=O) groups excluding carboxylic acids is 1. The van der Waals surface area contributed by atoms with E-state index in [0.717, 1.165) is 17.3 Å². The Morgan fingerprint density at radius 1 is 1.15 bits per heavy atom. The van der Waals surface area contributed by atoms with Gasteiger partial charge in [-0.2, -0.15) is 4.31 Å². The Morgan fingerprint density at radius 2 is 1.81 bits per heavy atom. The molecule has 1 N–H and O–H groups in total. The summed E-state index contributed by atoms with van der Waals surface area (Å²) in [5.74, 6) is 0.265. The van der Waals surface area contributed by atoms with Gasteiger partial charge in [0.05, 0.1) is 17.5 Å². The summed E-state index contributed by atoms with van der Waals surface area (Å²) in [7, 11) is -3.83. The summed E-state index contributed by atoms with van der Waals surface area (Å²) in [5, 5.41) is 9.20. The van der Waals surface area contributed by atoms with Gasteiger partial charge in [0.1, 0.15) is 0 Å². The van der Waals surface area contributed by atoms with Gasteiger partial charge in [-0.1, -0.05) is 59.8 Å². The summed E-state index contributed by atoms with van der Waals surface area (Å²) in [6, 6.07) is 14.3. The van der Waals surface area contributed by atoms with Crippen LogP contribution in [-0.4, -0.2) is 41.8 Å². The SMILES string of the molecule is O=C(SCCO)C1=CCN(S(=O)(=O)c2ccc(Cl)cc2)C1c1ccccc1. The summed E-state index contributed by atoms with van der Waals surface area (Å²) in [5.41, 5.74) is 1.13. The Labute approximate surface area is 167 Å². The first-order valence-corrected chi connectivity index (χ1v) is 11.1. The van der Waals surface area contributed by atoms with E-state index >= 15 is 0 Å². The Hall–Kier alpha value is -1.64. The molecule has 8 heteroatoms. The molecule has 1 aliphatic rings. The first-order chi connectivity index (χ1) is 12.9. The minimum atomic E-state index is -3.83. The molecular weight excluding hydrogens is 406 g/mol. The first-order valence-electron chi connectivity index (χ1n) is 8.25. The van der Waals surface area contributed by atoms with E-state index < -0.39 is 16.1 Å². The maximum absolute atomic E-state index is 13.2. The van der Waals surface area contributed by atoms with Crippen LogP contribution in [0.25, 0.3) is 0 Å². The predicted molar refractivity (Wildman–Crippen MR) is 107 cm³/mol. The van der Waals surface area contributed by atoms with Crippen molar-refractivity contribution in [3.63, 3.8) is 0 Å². The fourth-order valence-electron chi connectivity index (χ4n) is 2.94. The molecule has 0 aromatic heterocycles. The topological polar surface area (TPSA) is 74.7 Å². The van der Waals surface area contributed by atoms with Crippen LogP contribution in [0.1, 0.15) is 11.6 Å². The van der Waals surface area contributed by atoms with E-state index in [0.29, 0.717) is 10.6 Å². The third-order valence-electron chi connectivity index (χ3n) is 4.17. The smallest absolute Gasteiger partial charge is 0.244 e. The van der Waals surface area contributed by atoms with Crippen LogP contribution < -0.4 is 0 Å². The minimum absolute atomic E-state index is 0.102. The monoisotopic (exact) mass is 423 g/mol. The first kappa shape index (κ1) is 20.1. The van der Waals surface area contributed by atoms with Crippen LogP contribution in [0, 0.1) is 0 Å². The number of thioether (sulfide) groups is 1. The number of hydrogen-bond acceptors (Lipinski definition) is 5. The maximum atomic E-state index is 13.2. The molecule has 3 rings (SSSR count). The van der Waals surface area contributed by atoms with Gasteiger partial charge in [-0.15, -0.1) is 0 Å². The molecule has 0 bridgehead atoms. The van der Waals surface area contributed by atoms with Crippen LogP contribution in [-0.2, 0) is 14.8 Å². The van der Waals surface area contributed by atoms with Gasteiger partial charge in [0.25, 0.3) is 0 Å². The summed E-state index contributed by atoms with van der Waals surface area (Å²) < 4.78 is 27.7. The summed E-state index contributed by atoms with van der Waals surface area (Å²) in [6.07, 6.45) is 1.65. The molecule has 142 valence electrons. The maximum Gasteiger partial charge on any atom is 0.244 e. The molecule has 0 amide bonds. The molecule has 0 aliphatic carbocycles. The second-order valence-electron chi connectivity index (χ2n) is 5.86. The second-order valence-corrected chi connectivity index (χ2v) is 9.26. The third kappa shape index (κ3) is 4.28. The zero-order valence-electron chi connectivity index (χ0n) is 14.3. The number of rotatable bonds is 6. The molecular formula is C19H18ClNO4S2. The normalized spacial score (nSPS) is 17.7. The van der Waals surface area contributed by atoms with Crippen molar-refractivity contribution < 1.29 is 18.3 Å². The second kappa shape index (κ2) is 8.58. The summed E-state index contributed by atoms with van der Waals surface area (Å²) in [4.78, 5) is 12.7. The molecule has 1 unspecified atom stereocenters. The fraction of sp³-hybridized carbons (Fsp3) is 0.211. The average Bonchev–Trinajstić information content (AvgIpc) is 3.13. The quantitative estimate of drug-likeness (QED) is 0.771. The molecule has 0 spiro atoms. The van der Waals surface area contributed by atoms with Gasteiger partial charge in [-0.25, -0.2) is 8.42 Å². The molecule has 27 heavy (non-hydrogen) atoms. The van der Waals surface area contributed by atoms with Gasteiger partial charge in [-0.3, -0.25) is 4.79 Å². The van der Waals surface area contributed by atoms with Gasteiger partial charge < -0.3 is 5.11 Å².